The van der Waals surface area contributed by atoms with Crippen LogP contribution in [0.2, 0.25) is 0 Å². The zero-order valence-corrected chi connectivity index (χ0v) is 13.7. The van der Waals surface area contributed by atoms with Gasteiger partial charge < -0.3 is 0 Å². The molecule has 0 amide bonds. The molecular weight excluding hydrogens is 316 g/mol. The lowest BCUT2D eigenvalue weighted by atomic mass is 10.0. The standard InChI is InChI=1S/C16H18N2O4S/c1-3-12(2)17-23(21,22)14-10-8-13(9-11-14)15-6-4-5-7-16(15)18(19)20/h4-12,17H,3H2,1-2H3. The molecule has 0 spiro atoms. The van der Waals surface area contributed by atoms with E-state index in [0.717, 1.165) is 0 Å². The van der Waals surface area contributed by atoms with E-state index in [1.54, 1.807) is 37.3 Å². The molecular formula is C16H18N2O4S. The number of hydrogen-bond donors (Lipinski definition) is 1. The minimum atomic E-state index is -3.58. The summed E-state index contributed by atoms with van der Waals surface area (Å²) >= 11 is 0. The Kier molecular flexibility index (Phi) is 5.12. The molecule has 6 nitrogen and oxygen atoms in total. The van der Waals surface area contributed by atoms with Gasteiger partial charge in [-0.25, -0.2) is 13.1 Å². The summed E-state index contributed by atoms with van der Waals surface area (Å²) < 4.78 is 27.0. The molecule has 0 aromatic heterocycles. The number of nitrogens with one attached hydrogen (secondary N) is 1. The van der Waals surface area contributed by atoms with Crippen molar-refractivity contribution in [3.05, 3.63) is 58.6 Å². The maximum absolute atomic E-state index is 12.2. The van der Waals surface area contributed by atoms with Crippen LogP contribution >= 0.6 is 0 Å². The quantitative estimate of drug-likeness (QED) is 0.648. The average molecular weight is 334 g/mol. The zero-order valence-electron chi connectivity index (χ0n) is 12.9. The van der Waals surface area contributed by atoms with Crippen LogP contribution in [0.4, 0.5) is 5.69 Å². The number of nitrogens with zero attached hydrogens (tertiary/aromatic N) is 1. The Morgan fingerprint density at radius 2 is 1.74 bits per heavy atom. The molecule has 2 aromatic carbocycles. The Labute approximate surface area is 135 Å². The molecule has 1 N–H and O–H groups in total. The highest BCUT2D eigenvalue weighted by Crippen LogP contribution is 2.30. The van der Waals surface area contributed by atoms with Crippen LogP contribution < -0.4 is 4.72 Å². The number of rotatable bonds is 6. The van der Waals surface area contributed by atoms with Gasteiger partial charge in [-0.15, -0.1) is 0 Å². The summed E-state index contributed by atoms with van der Waals surface area (Å²) in [7, 11) is -3.58. The minimum absolute atomic E-state index is 0.0131. The van der Waals surface area contributed by atoms with E-state index in [2.05, 4.69) is 4.72 Å². The van der Waals surface area contributed by atoms with Gasteiger partial charge in [-0.05, 0) is 37.1 Å². The summed E-state index contributed by atoms with van der Waals surface area (Å²) in [6, 6.07) is 12.3. The highest BCUT2D eigenvalue weighted by molar-refractivity contribution is 7.89. The first-order valence-electron chi connectivity index (χ1n) is 7.21. The Morgan fingerprint density at radius 3 is 2.30 bits per heavy atom. The summed E-state index contributed by atoms with van der Waals surface area (Å²) in [5, 5.41) is 11.1. The number of para-hydroxylation sites is 1. The molecule has 2 aromatic rings. The molecule has 7 heteroatoms. The smallest absolute Gasteiger partial charge is 0.258 e. The Bertz CT molecular complexity index is 801. The van der Waals surface area contributed by atoms with Crippen molar-refractivity contribution in [1.82, 2.24) is 4.72 Å². The van der Waals surface area contributed by atoms with Crippen molar-refractivity contribution in [2.45, 2.75) is 31.2 Å². The van der Waals surface area contributed by atoms with E-state index in [1.807, 2.05) is 6.92 Å². The topological polar surface area (TPSA) is 89.3 Å². The number of nitro groups is 1. The number of benzene rings is 2. The molecule has 2 rings (SSSR count). The molecule has 122 valence electrons. The van der Waals surface area contributed by atoms with Gasteiger partial charge in [0, 0.05) is 12.1 Å². The van der Waals surface area contributed by atoms with Gasteiger partial charge in [-0.1, -0.05) is 31.2 Å². The fourth-order valence-corrected chi connectivity index (χ4v) is 3.43. The molecule has 1 atom stereocenters. The fourth-order valence-electron chi connectivity index (χ4n) is 2.11. The van der Waals surface area contributed by atoms with Gasteiger partial charge in [0.25, 0.3) is 5.69 Å². The van der Waals surface area contributed by atoms with Gasteiger partial charge in [0.05, 0.1) is 15.4 Å². The third kappa shape index (κ3) is 3.94. The van der Waals surface area contributed by atoms with Gasteiger partial charge in [0.15, 0.2) is 0 Å². The highest BCUT2D eigenvalue weighted by atomic mass is 32.2. The molecule has 0 aliphatic heterocycles. The molecule has 23 heavy (non-hydrogen) atoms. The van der Waals surface area contributed by atoms with Crippen LogP contribution in [0.1, 0.15) is 20.3 Å². The van der Waals surface area contributed by atoms with Crippen molar-refractivity contribution in [1.29, 1.82) is 0 Å². The lowest BCUT2D eigenvalue weighted by Crippen LogP contribution is -2.31. The second-order valence-corrected chi connectivity index (χ2v) is 6.94. The maximum atomic E-state index is 12.2. The van der Waals surface area contributed by atoms with Crippen molar-refractivity contribution in [2.24, 2.45) is 0 Å². The van der Waals surface area contributed by atoms with E-state index < -0.39 is 14.9 Å². The van der Waals surface area contributed by atoms with Crippen LogP contribution in [0.5, 0.6) is 0 Å². The van der Waals surface area contributed by atoms with Crippen molar-refractivity contribution in [2.75, 3.05) is 0 Å². The van der Waals surface area contributed by atoms with Gasteiger partial charge in [0.2, 0.25) is 10.0 Å². The van der Waals surface area contributed by atoms with Crippen molar-refractivity contribution in [3.63, 3.8) is 0 Å². The molecule has 0 radical (unpaired) electrons. The first kappa shape index (κ1) is 17.1. The van der Waals surface area contributed by atoms with Crippen LogP contribution in [-0.4, -0.2) is 19.4 Å². The number of sulfonamides is 1. The monoisotopic (exact) mass is 334 g/mol. The molecule has 0 heterocycles. The summed E-state index contributed by atoms with van der Waals surface area (Å²) in [6.45, 7) is 3.68. The first-order valence-corrected chi connectivity index (χ1v) is 8.69. The van der Waals surface area contributed by atoms with E-state index in [1.165, 1.54) is 18.2 Å². The largest absolute Gasteiger partial charge is 0.277 e. The van der Waals surface area contributed by atoms with Crippen molar-refractivity contribution in [3.8, 4) is 11.1 Å². The predicted octanol–water partition coefficient (Wildman–Crippen LogP) is 3.34. The summed E-state index contributed by atoms with van der Waals surface area (Å²) in [6.07, 6.45) is 0.688. The predicted molar refractivity (Wildman–Crippen MR) is 88.6 cm³/mol. The highest BCUT2D eigenvalue weighted by Gasteiger charge is 2.18. The molecule has 0 bridgehead atoms. The normalized spacial score (nSPS) is 12.8. The molecule has 0 aliphatic carbocycles. The Hall–Kier alpha value is -2.25. The van der Waals surface area contributed by atoms with E-state index >= 15 is 0 Å². The molecule has 0 aliphatic rings. The van der Waals surface area contributed by atoms with Gasteiger partial charge in [0.1, 0.15) is 0 Å². The van der Waals surface area contributed by atoms with Gasteiger partial charge in [-0.3, -0.25) is 10.1 Å². The van der Waals surface area contributed by atoms with E-state index in [4.69, 9.17) is 0 Å². The van der Waals surface area contributed by atoms with Crippen LogP contribution in [0, 0.1) is 10.1 Å². The molecule has 0 fully saturated rings. The molecule has 0 saturated carbocycles. The third-order valence-electron chi connectivity index (χ3n) is 3.55. The van der Waals surface area contributed by atoms with Crippen LogP contribution in [0.25, 0.3) is 11.1 Å². The Balaban J connectivity index is 2.36. The summed E-state index contributed by atoms with van der Waals surface area (Å²) in [5.74, 6) is 0. The maximum Gasteiger partial charge on any atom is 0.277 e. The number of hydrogen-bond acceptors (Lipinski definition) is 4. The lowest BCUT2D eigenvalue weighted by Gasteiger charge is -2.12. The molecule has 1 unspecified atom stereocenters. The van der Waals surface area contributed by atoms with Crippen molar-refractivity contribution >= 4 is 15.7 Å². The molecule has 0 saturated heterocycles. The minimum Gasteiger partial charge on any atom is -0.258 e. The van der Waals surface area contributed by atoms with Crippen molar-refractivity contribution < 1.29 is 13.3 Å². The van der Waals surface area contributed by atoms with Gasteiger partial charge in [-0.2, -0.15) is 0 Å². The second-order valence-electron chi connectivity index (χ2n) is 5.23. The first-order chi connectivity index (χ1) is 10.8. The fraction of sp³-hybridized carbons (Fsp3) is 0.250. The summed E-state index contributed by atoms with van der Waals surface area (Å²) in [4.78, 5) is 10.8. The zero-order chi connectivity index (χ0) is 17.0. The van der Waals surface area contributed by atoms with Crippen LogP contribution in [0.15, 0.2) is 53.4 Å². The Morgan fingerprint density at radius 1 is 1.13 bits per heavy atom. The average Bonchev–Trinajstić information content (AvgIpc) is 2.54. The van der Waals surface area contributed by atoms with Crippen LogP contribution in [0.3, 0.4) is 0 Å². The number of nitro benzene ring substituents is 1. The summed E-state index contributed by atoms with van der Waals surface area (Å²) in [5.41, 5.74) is 1.04. The lowest BCUT2D eigenvalue weighted by molar-refractivity contribution is -0.384. The van der Waals surface area contributed by atoms with Gasteiger partial charge >= 0.3 is 0 Å². The van der Waals surface area contributed by atoms with E-state index in [9.17, 15) is 18.5 Å². The van der Waals surface area contributed by atoms with E-state index in [-0.39, 0.29) is 16.6 Å². The van der Waals surface area contributed by atoms with E-state index in [0.29, 0.717) is 17.5 Å². The third-order valence-corrected chi connectivity index (χ3v) is 5.15. The van der Waals surface area contributed by atoms with Crippen LogP contribution in [-0.2, 0) is 10.0 Å². The SMILES string of the molecule is CCC(C)NS(=O)(=O)c1ccc(-c2ccccc2[N+](=O)[O-])cc1. The second kappa shape index (κ2) is 6.89.